The zero-order chi connectivity index (χ0) is 10.1. The Morgan fingerprint density at radius 1 is 1.57 bits per heavy atom. The van der Waals surface area contributed by atoms with E-state index in [4.69, 9.17) is 0 Å². The van der Waals surface area contributed by atoms with Crippen LogP contribution in [0.5, 0.6) is 0 Å². The van der Waals surface area contributed by atoms with Gasteiger partial charge in [0.05, 0.1) is 29.0 Å². The van der Waals surface area contributed by atoms with Gasteiger partial charge in [-0.15, -0.1) is 0 Å². The molecule has 0 aliphatic carbocycles. The third-order valence-electron chi connectivity index (χ3n) is 1.94. The van der Waals surface area contributed by atoms with Crippen LogP contribution in [0, 0.1) is 0 Å². The molecule has 2 heterocycles. The second-order valence-corrected chi connectivity index (χ2v) is 3.52. The zero-order valence-corrected chi connectivity index (χ0v) is 8.98. The molecule has 0 N–H and O–H groups in total. The monoisotopic (exact) mass is 254 g/mol. The predicted molar refractivity (Wildman–Crippen MR) is 54.2 cm³/mol. The van der Waals surface area contributed by atoms with Crippen LogP contribution in [-0.4, -0.2) is 22.5 Å². The lowest BCUT2D eigenvalue weighted by molar-refractivity contribution is 0.0602. The van der Waals surface area contributed by atoms with E-state index in [0.29, 0.717) is 5.56 Å². The summed E-state index contributed by atoms with van der Waals surface area (Å²) < 4.78 is 7.27. The van der Waals surface area contributed by atoms with Gasteiger partial charge in [0.15, 0.2) is 0 Å². The summed E-state index contributed by atoms with van der Waals surface area (Å²) in [5.41, 5.74) is 1.24. The summed E-state index contributed by atoms with van der Waals surface area (Å²) in [6, 6.07) is 3.48. The van der Waals surface area contributed by atoms with E-state index in [-0.39, 0.29) is 5.97 Å². The molecule has 0 atom stereocenters. The third-order valence-corrected chi connectivity index (χ3v) is 2.58. The van der Waals surface area contributed by atoms with Crippen LogP contribution in [0.1, 0.15) is 10.4 Å². The van der Waals surface area contributed by atoms with E-state index >= 15 is 0 Å². The number of ether oxygens (including phenoxy) is 1. The molecule has 0 spiro atoms. The summed E-state index contributed by atoms with van der Waals surface area (Å²) in [6.07, 6.45) is 3.25. The number of rotatable bonds is 1. The van der Waals surface area contributed by atoms with E-state index in [1.807, 2.05) is 0 Å². The number of esters is 1. The van der Waals surface area contributed by atoms with Crippen molar-refractivity contribution in [3.8, 4) is 0 Å². The predicted octanol–water partition coefficient (Wildman–Crippen LogP) is 1.88. The fraction of sp³-hybridized carbons (Fsp3) is 0.111. The number of halogens is 1. The van der Waals surface area contributed by atoms with E-state index < -0.39 is 0 Å². The van der Waals surface area contributed by atoms with E-state index in [2.05, 4.69) is 25.7 Å². The maximum Gasteiger partial charge on any atom is 0.340 e. The minimum Gasteiger partial charge on any atom is -0.465 e. The van der Waals surface area contributed by atoms with Gasteiger partial charge in [-0.25, -0.2) is 9.78 Å². The van der Waals surface area contributed by atoms with Crippen LogP contribution in [0.25, 0.3) is 5.52 Å². The minimum absolute atomic E-state index is 0.358. The molecule has 5 heteroatoms. The van der Waals surface area contributed by atoms with Gasteiger partial charge in [0.2, 0.25) is 0 Å². The maximum absolute atomic E-state index is 11.4. The molecule has 72 valence electrons. The molecule has 0 saturated carbocycles. The molecule has 2 aromatic rings. The highest BCUT2D eigenvalue weighted by Crippen LogP contribution is 2.18. The highest BCUT2D eigenvalue weighted by molar-refractivity contribution is 9.10. The molecule has 0 bridgehead atoms. The van der Waals surface area contributed by atoms with Crippen LogP contribution in [0.2, 0.25) is 0 Å². The molecule has 14 heavy (non-hydrogen) atoms. The van der Waals surface area contributed by atoms with Gasteiger partial charge >= 0.3 is 5.97 Å². The summed E-state index contributed by atoms with van der Waals surface area (Å²) in [4.78, 5) is 15.3. The van der Waals surface area contributed by atoms with E-state index in [9.17, 15) is 4.79 Å². The van der Waals surface area contributed by atoms with Crippen LogP contribution in [0.4, 0.5) is 0 Å². The topological polar surface area (TPSA) is 43.6 Å². The van der Waals surface area contributed by atoms with Gasteiger partial charge in [-0.1, -0.05) is 0 Å². The van der Waals surface area contributed by atoms with Crippen molar-refractivity contribution in [1.29, 1.82) is 0 Å². The summed E-state index contributed by atoms with van der Waals surface area (Å²) in [6.45, 7) is 0. The van der Waals surface area contributed by atoms with Crippen molar-refractivity contribution in [3.05, 3.63) is 34.8 Å². The normalized spacial score (nSPS) is 10.4. The number of carbonyl (C=O) groups is 1. The Hall–Kier alpha value is -1.36. The molecular weight excluding hydrogens is 248 g/mol. The van der Waals surface area contributed by atoms with Gasteiger partial charge < -0.3 is 4.74 Å². The van der Waals surface area contributed by atoms with E-state index in [0.717, 1.165) is 10.1 Å². The summed E-state index contributed by atoms with van der Waals surface area (Å²) in [5, 5.41) is 0. The molecule has 0 aromatic carbocycles. The van der Waals surface area contributed by atoms with Crippen LogP contribution < -0.4 is 0 Å². The van der Waals surface area contributed by atoms with Crippen LogP contribution >= 0.6 is 15.9 Å². The van der Waals surface area contributed by atoms with Gasteiger partial charge in [0.1, 0.15) is 6.33 Å². The Labute approximate surface area is 88.6 Å². The van der Waals surface area contributed by atoms with Gasteiger partial charge in [-0.2, -0.15) is 0 Å². The number of nitrogens with zero attached hydrogens (tertiary/aromatic N) is 2. The highest BCUT2D eigenvalue weighted by Gasteiger charge is 2.11. The number of hydrogen-bond donors (Lipinski definition) is 0. The molecule has 0 amide bonds. The van der Waals surface area contributed by atoms with Crippen molar-refractivity contribution in [3.63, 3.8) is 0 Å². The first kappa shape index (κ1) is 9.21. The van der Waals surface area contributed by atoms with Crippen LogP contribution in [-0.2, 0) is 4.74 Å². The smallest absolute Gasteiger partial charge is 0.340 e. The minimum atomic E-state index is -0.358. The first-order chi connectivity index (χ1) is 6.74. The Morgan fingerprint density at radius 2 is 2.36 bits per heavy atom. The highest BCUT2D eigenvalue weighted by atomic mass is 79.9. The van der Waals surface area contributed by atoms with Gasteiger partial charge in [0.25, 0.3) is 0 Å². The third kappa shape index (κ3) is 1.29. The Balaban J connectivity index is 2.72. The van der Waals surface area contributed by atoms with Gasteiger partial charge in [-0.3, -0.25) is 4.40 Å². The van der Waals surface area contributed by atoms with Crippen molar-refractivity contribution in [2.45, 2.75) is 0 Å². The molecule has 0 saturated heterocycles. The lowest BCUT2D eigenvalue weighted by Crippen LogP contribution is -2.03. The van der Waals surface area contributed by atoms with E-state index in [1.165, 1.54) is 7.11 Å². The Morgan fingerprint density at radius 3 is 3.07 bits per heavy atom. The van der Waals surface area contributed by atoms with Crippen LogP contribution in [0.3, 0.4) is 0 Å². The molecule has 0 radical (unpaired) electrons. The molecule has 0 unspecified atom stereocenters. The van der Waals surface area contributed by atoms with Crippen molar-refractivity contribution in [1.82, 2.24) is 9.38 Å². The Kier molecular flexibility index (Phi) is 2.25. The summed E-state index contributed by atoms with van der Waals surface area (Å²) in [5.74, 6) is -0.358. The lowest BCUT2D eigenvalue weighted by Gasteiger charge is -2.03. The molecule has 2 aromatic heterocycles. The Bertz CT molecular complexity index is 493. The van der Waals surface area contributed by atoms with Crippen molar-refractivity contribution in [2.24, 2.45) is 0 Å². The summed E-state index contributed by atoms with van der Waals surface area (Å²) >= 11 is 3.35. The second kappa shape index (κ2) is 3.42. The molecule has 0 fully saturated rings. The van der Waals surface area contributed by atoms with Gasteiger partial charge in [0, 0.05) is 0 Å². The fourth-order valence-corrected chi connectivity index (χ4v) is 1.68. The number of imidazole rings is 1. The summed E-state index contributed by atoms with van der Waals surface area (Å²) in [7, 11) is 1.36. The number of carbonyl (C=O) groups excluding carboxylic acids is 1. The zero-order valence-electron chi connectivity index (χ0n) is 7.40. The first-order valence-electron chi connectivity index (χ1n) is 3.93. The molecule has 0 aliphatic rings. The fourth-order valence-electron chi connectivity index (χ4n) is 1.26. The molecule has 4 nitrogen and oxygen atoms in total. The van der Waals surface area contributed by atoms with Crippen molar-refractivity contribution in [2.75, 3.05) is 7.11 Å². The first-order valence-corrected chi connectivity index (χ1v) is 4.72. The van der Waals surface area contributed by atoms with Crippen LogP contribution in [0.15, 0.2) is 29.3 Å². The lowest BCUT2D eigenvalue weighted by atomic mass is 10.2. The second-order valence-electron chi connectivity index (χ2n) is 2.71. The standard InChI is InChI=1S/C9H7BrN2O2/c1-14-9(13)6-2-3-8(10)12-5-11-4-7(6)12/h2-5H,1H3. The molecule has 2 rings (SSSR count). The number of hydrogen-bond acceptors (Lipinski definition) is 3. The molecule has 0 aliphatic heterocycles. The van der Waals surface area contributed by atoms with Crippen molar-refractivity contribution < 1.29 is 9.53 Å². The number of methoxy groups -OCH3 is 1. The maximum atomic E-state index is 11.4. The van der Waals surface area contributed by atoms with E-state index in [1.54, 1.807) is 29.1 Å². The van der Waals surface area contributed by atoms with Gasteiger partial charge in [-0.05, 0) is 28.1 Å². The molecular formula is C9H7BrN2O2. The average molecular weight is 255 g/mol. The SMILES string of the molecule is COC(=O)c1ccc(Br)n2cncc12. The number of pyridine rings is 1. The average Bonchev–Trinajstić information content (AvgIpc) is 2.67. The van der Waals surface area contributed by atoms with Crippen molar-refractivity contribution >= 4 is 27.4 Å². The largest absolute Gasteiger partial charge is 0.465 e. The quantitative estimate of drug-likeness (QED) is 0.577. The number of fused-ring (bicyclic) bond motifs is 1. The number of aromatic nitrogens is 2.